The van der Waals surface area contributed by atoms with Gasteiger partial charge in [-0.25, -0.2) is 0 Å². The molecule has 0 bridgehead atoms. The Kier molecular flexibility index (Phi) is 6.82. The van der Waals surface area contributed by atoms with Gasteiger partial charge in [-0.1, -0.05) is 42.5 Å². The van der Waals surface area contributed by atoms with Gasteiger partial charge in [0.2, 0.25) is 0 Å². The van der Waals surface area contributed by atoms with E-state index >= 15 is 0 Å². The maximum absolute atomic E-state index is 13.3. The van der Waals surface area contributed by atoms with Crippen molar-refractivity contribution in [3.63, 3.8) is 0 Å². The number of hydroxylamine groups is 1. The van der Waals surface area contributed by atoms with Crippen LogP contribution in [0.3, 0.4) is 0 Å². The Labute approximate surface area is 178 Å². The number of amides is 1. The van der Waals surface area contributed by atoms with Crippen LogP contribution in [0.1, 0.15) is 35.3 Å². The van der Waals surface area contributed by atoms with Crippen LogP contribution in [0.4, 0.5) is 18.9 Å². The Morgan fingerprint density at radius 2 is 1.74 bits per heavy atom. The third-order valence-electron chi connectivity index (χ3n) is 4.54. The summed E-state index contributed by atoms with van der Waals surface area (Å²) in [5, 5.41) is 2.63. The number of aromatic nitrogens is 1. The average Bonchev–Trinajstić information content (AvgIpc) is 3.11. The lowest BCUT2D eigenvalue weighted by Crippen LogP contribution is -2.18. The molecule has 0 aliphatic carbocycles. The summed E-state index contributed by atoms with van der Waals surface area (Å²) in [6, 6.07) is 14.6. The summed E-state index contributed by atoms with van der Waals surface area (Å²) in [6.45, 7) is 4.38. The topological polar surface area (TPSA) is 55.3 Å². The molecule has 0 atom stereocenters. The number of nitrogens with one attached hydrogen (secondary N) is 2. The first-order chi connectivity index (χ1) is 14.6. The van der Waals surface area contributed by atoms with E-state index in [1.54, 1.807) is 24.3 Å². The Morgan fingerprint density at radius 3 is 2.39 bits per heavy atom. The first kappa shape index (κ1) is 22.6. The number of aryl methyl sites for hydroxylation is 1. The second-order valence-electron chi connectivity index (χ2n) is 7.43. The van der Waals surface area contributed by atoms with E-state index in [9.17, 15) is 18.0 Å². The smallest absolute Gasteiger partial charge is 0.356 e. The monoisotopic (exact) mass is 431 g/mol. The van der Waals surface area contributed by atoms with E-state index in [0.717, 1.165) is 17.3 Å². The number of para-hydroxylation sites is 1. The molecule has 5 nitrogen and oxygen atoms in total. The van der Waals surface area contributed by atoms with Gasteiger partial charge in [-0.3, -0.25) is 9.63 Å². The van der Waals surface area contributed by atoms with E-state index in [0.29, 0.717) is 17.8 Å². The van der Waals surface area contributed by atoms with Crippen LogP contribution in [0.5, 0.6) is 0 Å². The molecule has 0 aliphatic rings. The van der Waals surface area contributed by atoms with Crippen molar-refractivity contribution in [1.82, 2.24) is 10.0 Å². The van der Waals surface area contributed by atoms with Gasteiger partial charge in [0.1, 0.15) is 0 Å². The van der Waals surface area contributed by atoms with Crippen molar-refractivity contribution in [1.29, 1.82) is 0 Å². The normalized spacial score (nSPS) is 11.7. The molecule has 0 saturated carbocycles. The SMILES string of the molecule is CC(C)ONCc1ccc(-c2ccccc2NC(=O)c2cn(C)cc2C(F)(F)F)cc1. The molecule has 0 spiro atoms. The number of hydrogen-bond acceptors (Lipinski definition) is 3. The molecule has 2 aromatic carbocycles. The van der Waals surface area contributed by atoms with Crippen LogP contribution in [-0.2, 0) is 24.6 Å². The van der Waals surface area contributed by atoms with E-state index in [2.05, 4.69) is 10.8 Å². The molecule has 1 amide bonds. The van der Waals surface area contributed by atoms with Crippen molar-refractivity contribution in [2.75, 3.05) is 5.32 Å². The minimum Gasteiger partial charge on any atom is -0.356 e. The molecule has 1 heterocycles. The van der Waals surface area contributed by atoms with Gasteiger partial charge in [0.15, 0.2) is 0 Å². The number of alkyl halides is 3. The number of nitrogens with zero attached hydrogens (tertiary/aromatic N) is 1. The molecular weight excluding hydrogens is 407 g/mol. The van der Waals surface area contributed by atoms with E-state index in [1.165, 1.54) is 17.8 Å². The molecule has 8 heteroatoms. The van der Waals surface area contributed by atoms with Crippen LogP contribution in [0.2, 0.25) is 0 Å². The lowest BCUT2D eigenvalue weighted by Gasteiger charge is -2.13. The lowest BCUT2D eigenvalue weighted by molar-refractivity contribution is -0.137. The Hall–Kier alpha value is -3.10. The summed E-state index contributed by atoms with van der Waals surface area (Å²) < 4.78 is 41.0. The fourth-order valence-electron chi connectivity index (χ4n) is 3.12. The van der Waals surface area contributed by atoms with E-state index in [1.807, 2.05) is 38.1 Å². The van der Waals surface area contributed by atoms with E-state index in [-0.39, 0.29) is 6.10 Å². The van der Waals surface area contributed by atoms with Gasteiger partial charge < -0.3 is 9.88 Å². The second-order valence-corrected chi connectivity index (χ2v) is 7.43. The van der Waals surface area contributed by atoms with Gasteiger partial charge in [-0.2, -0.15) is 18.7 Å². The zero-order chi connectivity index (χ0) is 22.6. The van der Waals surface area contributed by atoms with Crippen LogP contribution in [-0.4, -0.2) is 16.6 Å². The highest BCUT2D eigenvalue weighted by atomic mass is 19.4. The average molecular weight is 431 g/mol. The molecular formula is C23H24F3N3O2. The van der Waals surface area contributed by atoms with Crippen LogP contribution in [0, 0.1) is 0 Å². The summed E-state index contributed by atoms with van der Waals surface area (Å²) in [5.74, 6) is -0.813. The molecule has 0 unspecified atom stereocenters. The third-order valence-corrected chi connectivity index (χ3v) is 4.54. The van der Waals surface area contributed by atoms with Gasteiger partial charge in [-0.15, -0.1) is 0 Å². The highest BCUT2D eigenvalue weighted by Crippen LogP contribution is 2.34. The first-order valence-electron chi connectivity index (χ1n) is 9.76. The number of rotatable bonds is 7. The van der Waals surface area contributed by atoms with Crippen molar-refractivity contribution in [3.05, 3.63) is 77.6 Å². The highest BCUT2D eigenvalue weighted by Gasteiger charge is 2.36. The van der Waals surface area contributed by atoms with Crippen LogP contribution >= 0.6 is 0 Å². The van der Waals surface area contributed by atoms with Gasteiger partial charge in [-0.05, 0) is 31.0 Å². The minimum atomic E-state index is -4.61. The number of benzene rings is 2. The maximum Gasteiger partial charge on any atom is 0.418 e. The second kappa shape index (κ2) is 9.36. The van der Waals surface area contributed by atoms with Crippen LogP contribution in [0.15, 0.2) is 60.9 Å². The van der Waals surface area contributed by atoms with Crippen LogP contribution in [0.25, 0.3) is 11.1 Å². The molecule has 0 fully saturated rings. The summed E-state index contributed by atoms with van der Waals surface area (Å²) in [5.41, 5.74) is 4.47. The fourth-order valence-corrected chi connectivity index (χ4v) is 3.12. The predicted molar refractivity (Wildman–Crippen MR) is 113 cm³/mol. The largest absolute Gasteiger partial charge is 0.418 e. The molecule has 31 heavy (non-hydrogen) atoms. The van der Waals surface area contributed by atoms with Gasteiger partial charge >= 0.3 is 6.18 Å². The van der Waals surface area contributed by atoms with Crippen molar-refractivity contribution in [2.24, 2.45) is 7.05 Å². The van der Waals surface area contributed by atoms with Crippen LogP contribution < -0.4 is 10.8 Å². The zero-order valence-corrected chi connectivity index (χ0v) is 17.5. The summed E-state index contributed by atoms with van der Waals surface area (Å²) in [4.78, 5) is 18.0. The number of halogens is 3. The van der Waals surface area contributed by atoms with Crippen molar-refractivity contribution < 1.29 is 22.8 Å². The Bertz CT molecular complexity index is 1040. The predicted octanol–water partition coefficient (Wildman–Crippen LogP) is 5.39. The molecule has 3 aromatic rings. The molecule has 0 saturated heterocycles. The third kappa shape index (κ3) is 5.74. The molecule has 2 N–H and O–H groups in total. The molecule has 164 valence electrons. The summed E-state index contributed by atoms with van der Waals surface area (Å²) in [6.07, 6.45) is -2.48. The number of hydrogen-bond donors (Lipinski definition) is 2. The van der Waals surface area contributed by atoms with Crippen molar-refractivity contribution >= 4 is 11.6 Å². The standard InChI is InChI=1S/C23H24F3N3O2/c1-15(2)31-27-12-16-8-10-17(11-9-16)18-6-4-5-7-21(18)28-22(30)19-13-29(3)14-20(19)23(24,25)26/h4-11,13-15,27H,12H2,1-3H3,(H,28,30). The minimum absolute atomic E-state index is 0.0669. The van der Waals surface area contributed by atoms with Gasteiger partial charge in [0.25, 0.3) is 5.91 Å². The van der Waals surface area contributed by atoms with E-state index in [4.69, 9.17) is 4.84 Å². The van der Waals surface area contributed by atoms with Crippen molar-refractivity contribution in [3.8, 4) is 11.1 Å². The molecule has 0 radical (unpaired) electrons. The quantitative estimate of drug-likeness (QED) is 0.493. The summed E-state index contributed by atoms with van der Waals surface area (Å²) >= 11 is 0. The Morgan fingerprint density at radius 1 is 1.06 bits per heavy atom. The fraction of sp³-hybridized carbons (Fsp3) is 0.261. The lowest BCUT2D eigenvalue weighted by atomic mass is 10.0. The molecule has 0 aliphatic heterocycles. The maximum atomic E-state index is 13.3. The van der Waals surface area contributed by atoms with Gasteiger partial charge in [0, 0.05) is 37.2 Å². The Balaban J connectivity index is 1.81. The zero-order valence-electron chi connectivity index (χ0n) is 17.5. The highest BCUT2D eigenvalue weighted by molar-refractivity contribution is 6.07. The molecule has 3 rings (SSSR count). The first-order valence-corrected chi connectivity index (χ1v) is 9.76. The van der Waals surface area contributed by atoms with Crippen molar-refractivity contribution in [2.45, 2.75) is 32.7 Å². The molecule has 1 aromatic heterocycles. The van der Waals surface area contributed by atoms with E-state index < -0.39 is 23.2 Å². The van der Waals surface area contributed by atoms with Gasteiger partial charge in [0.05, 0.1) is 17.2 Å². The summed E-state index contributed by atoms with van der Waals surface area (Å²) in [7, 11) is 1.45. The number of carbonyl (C=O) groups excluding carboxylic acids is 1. The number of anilines is 1. The number of carbonyl (C=O) groups is 1.